The van der Waals surface area contributed by atoms with E-state index in [1.807, 2.05) is 24.3 Å². The highest BCUT2D eigenvalue weighted by Gasteiger charge is 2.07. The Morgan fingerprint density at radius 2 is 2.05 bits per heavy atom. The first-order valence-corrected chi connectivity index (χ1v) is 6.84. The molecule has 2 aromatic carbocycles. The molecular formula is C17H19NO3. The summed E-state index contributed by atoms with van der Waals surface area (Å²) >= 11 is 0. The van der Waals surface area contributed by atoms with Crippen molar-refractivity contribution in [2.75, 3.05) is 20.3 Å². The number of fused-ring (bicyclic) bond motifs is 1. The summed E-state index contributed by atoms with van der Waals surface area (Å²) in [6, 6.07) is 12.1. The third kappa shape index (κ3) is 3.83. The van der Waals surface area contributed by atoms with Crippen molar-refractivity contribution in [3.63, 3.8) is 0 Å². The summed E-state index contributed by atoms with van der Waals surface area (Å²) in [7, 11) is 1.34. The van der Waals surface area contributed by atoms with Gasteiger partial charge in [-0.2, -0.15) is 0 Å². The van der Waals surface area contributed by atoms with Crippen molar-refractivity contribution in [2.24, 2.45) is 5.73 Å². The van der Waals surface area contributed by atoms with E-state index < -0.39 is 0 Å². The molecule has 0 saturated heterocycles. The van der Waals surface area contributed by atoms with Gasteiger partial charge in [0, 0.05) is 11.6 Å². The first kappa shape index (κ1) is 15.1. The standard InChI is InChI=1S/C17H19NO3/c1-20-17(19)7-4-12-21-16-9-8-13-5-2-3-6-14(13)15(16)10-11-18/h2-9H,10-12,18H2,1H3/b7-4+. The van der Waals surface area contributed by atoms with Gasteiger partial charge in [-0.25, -0.2) is 4.79 Å². The number of rotatable bonds is 6. The Kier molecular flexibility index (Phi) is 5.35. The normalized spacial score (nSPS) is 11.0. The van der Waals surface area contributed by atoms with Gasteiger partial charge in [-0.1, -0.05) is 30.3 Å². The summed E-state index contributed by atoms with van der Waals surface area (Å²) in [6.07, 6.45) is 3.73. The molecule has 0 aliphatic heterocycles. The maximum atomic E-state index is 11.0. The number of ether oxygens (including phenoxy) is 2. The molecule has 21 heavy (non-hydrogen) atoms. The van der Waals surface area contributed by atoms with Gasteiger partial charge in [-0.15, -0.1) is 0 Å². The number of hydrogen-bond donors (Lipinski definition) is 1. The molecule has 2 aromatic rings. The highest BCUT2D eigenvalue weighted by molar-refractivity contribution is 5.87. The van der Waals surface area contributed by atoms with E-state index in [9.17, 15) is 4.79 Å². The molecule has 0 fully saturated rings. The predicted molar refractivity (Wildman–Crippen MR) is 83.4 cm³/mol. The minimum absolute atomic E-state index is 0.311. The van der Waals surface area contributed by atoms with E-state index in [0.717, 1.165) is 23.1 Å². The summed E-state index contributed by atoms with van der Waals surface area (Å²) in [5, 5.41) is 2.32. The zero-order valence-electron chi connectivity index (χ0n) is 12.0. The van der Waals surface area contributed by atoms with Crippen LogP contribution in [0.1, 0.15) is 5.56 Å². The van der Waals surface area contributed by atoms with Gasteiger partial charge in [0.05, 0.1) is 7.11 Å². The zero-order chi connectivity index (χ0) is 15.1. The molecule has 0 aliphatic carbocycles. The highest BCUT2D eigenvalue weighted by atomic mass is 16.5. The van der Waals surface area contributed by atoms with E-state index in [1.54, 1.807) is 6.08 Å². The summed E-state index contributed by atoms with van der Waals surface area (Å²) in [6.45, 7) is 0.868. The van der Waals surface area contributed by atoms with Crippen LogP contribution >= 0.6 is 0 Å². The van der Waals surface area contributed by atoms with Crippen LogP contribution in [0.4, 0.5) is 0 Å². The molecular weight excluding hydrogens is 266 g/mol. The lowest BCUT2D eigenvalue weighted by Crippen LogP contribution is -2.06. The number of methoxy groups -OCH3 is 1. The SMILES string of the molecule is COC(=O)/C=C/COc1ccc2ccccc2c1CCN. The van der Waals surface area contributed by atoms with Crippen molar-refractivity contribution in [1.29, 1.82) is 0 Å². The molecule has 2 N–H and O–H groups in total. The van der Waals surface area contributed by atoms with E-state index in [0.29, 0.717) is 13.2 Å². The molecule has 0 unspecified atom stereocenters. The fraction of sp³-hybridized carbons (Fsp3) is 0.235. The number of carbonyl (C=O) groups is 1. The number of hydrogen-bond acceptors (Lipinski definition) is 4. The van der Waals surface area contributed by atoms with E-state index in [4.69, 9.17) is 10.5 Å². The second kappa shape index (κ2) is 7.45. The van der Waals surface area contributed by atoms with E-state index >= 15 is 0 Å². The molecule has 0 atom stereocenters. The van der Waals surface area contributed by atoms with Crippen molar-refractivity contribution >= 4 is 16.7 Å². The fourth-order valence-electron chi connectivity index (χ4n) is 2.20. The van der Waals surface area contributed by atoms with Crippen LogP contribution in [-0.4, -0.2) is 26.2 Å². The van der Waals surface area contributed by atoms with E-state index in [2.05, 4.69) is 16.9 Å². The van der Waals surface area contributed by atoms with Gasteiger partial charge < -0.3 is 15.2 Å². The molecule has 0 saturated carbocycles. The second-order valence-electron chi connectivity index (χ2n) is 4.54. The lowest BCUT2D eigenvalue weighted by Gasteiger charge is -2.12. The van der Waals surface area contributed by atoms with Crippen LogP contribution in [0, 0.1) is 0 Å². The highest BCUT2D eigenvalue weighted by Crippen LogP contribution is 2.28. The Morgan fingerprint density at radius 3 is 2.81 bits per heavy atom. The fourth-order valence-corrected chi connectivity index (χ4v) is 2.20. The first-order valence-electron chi connectivity index (χ1n) is 6.84. The maximum absolute atomic E-state index is 11.0. The van der Waals surface area contributed by atoms with Gasteiger partial charge in [0.1, 0.15) is 12.4 Å². The molecule has 0 aliphatic rings. The first-order chi connectivity index (χ1) is 10.3. The molecule has 0 heterocycles. The van der Waals surface area contributed by atoms with Crippen LogP contribution in [0.2, 0.25) is 0 Å². The van der Waals surface area contributed by atoms with Crippen molar-refractivity contribution in [1.82, 2.24) is 0 Å². The second-order valence-corrected chi connectivity index (χ2v) is 4.54. The maximum Gasteiger partial charge on any atom is 0.330 e. The summed E-state index contributed by atoms with van der Waals surface area (Å²) in [5.41, 5.74) is 6.80. The molecule has 4 heteroatoms. The molecule has 2 rings (SSSR count). The molecule has 110 valence electrons. The number of esters is 1. The minimum Gasteiger partial charge on any atom is -0.489 e. The van der Waals surface area contributed by atoms with Gasteiger partial charge in [-0.05, 0) is 35.9 Å². The van der Waals surface area contributed by atoms with Gasteiger partial charge >= 0.3 is 5.97 Å². The molecule has 0 aromatic heterocycles. The van der Waals surface area contributed by atoms with Gasteiger partial charge in [0.15, 0.2) is 0 Å². The smallest absolute Gasteiger partial charge is 0.330 e. The zero-order valence-corrected chi connectivity index (χ0v) is 12.0. The third-order valence-corrected chi connectivity index (χ3v) is 3.18. The average molecular weight is 285 g/mol. The summed E-state index contributed by atoms with van der Waals surface area (Å²) in [4.78, 5) is 11.0. The Bertz CT molecular complexity index is 650. The predicted octanol–water partition coefficient (Wildman–Crippen LogP) is 2.45. The number of benzene rings is 2. The van der Waals surface area contributed by atoms with Crippen molar-refractivity contribution in [2.45, 2.75) is 6.42 Å². The van der Waals surface area contributed by atoms with Crippen LogP contribution in [-0.2, 0) is 16.0 Å². The number of carbonyl (C=O) groups excluding carboxylic acids is 1. The third-order valence-electron chi connectivity index (χ3n) is 3.18. The van der Waals surface area contributed by atoms with Crippen LogP contribution in [0.5, 0.6) is 5.75 Å². The van der Waals surface area contributed by atoms with Crippen LogP contribution in [0.15, 0.2) is 48.6 Å². The van der Waals surface area contributed by atoms with Crippen molar-refractivity contribution < 1.29 is 14.3 Å². The Morgan fingerprint density at radius 1 is 1.24 bits per heavy atom. The molecule has 0 amide bonds. The average Bonchev–Trinajstić information content (AvgIpc) is 2.53. The van der Waals surface area contributed by atoms with Crippen LogP contribution < -0.4 is 10.5 Å². The molecule has 4 nitrogen and oxygen atoms in total. The number of nitrogens with two attached hydrogens (primary N) is 1. The van der Waals surface area contributed by atoms with Crippen LogP contribution in [0.3, 0.4) is 0 Å². The van der Waals surface area contributed by atoms with Gasteiger partial charge in [-0.3, -0.25) is 0 Å². The Balaban J connectivity index is 2.20. The molecule has 0 bridgehead atoms. The van der Waals surface area contributed by atoms with Gasteiger partial charge in [0.2, 0.25) is 0 Å². The molecule has 0 radical (unpaired) electrons. The lowest BCUT2D eigenvalue weighted by molar-refractivity contribution is -0.134. The van der Waals surface area contributed by atoms with E-state index in [1.165, 1.54) is 18.6 Å². The Hall–Kier alpha value is -2.33. The van der Waals surface area contributed by atoms with Crippen LogP contribution in [0.25, 0.3) is 10.8 Å². The van der Waals surface area contributed by atoms with Crippen molar-refractivity contribution in [3.05, 3.63) is 54.1 Å². The van der Waals surface area contributed by atoms with E-state index in [-0.39, 0.29) is 5.97 Å². The summed E-state index contributed by atoms with van der Waals surface area (Å²) in [5.74, 6) is 0.410. The Labute approximate surface area is 124 Å². The topological polar surface area (TPSA) is 61.5 Å². The summed E-state index contributed by atoms with van der Waals surface area (Å²) < 4.78 is 10.3. The quantitative estimate of drug-likeness (QED) is 0.654. The lowest BCUT2D eigenvalue weighted by atomic mass is 10.0. The largest absolute Gasteiger partial charge is 0.489 e. The van der Waals surface area contributed by atoms with Gasteiger partial charge in [0.25, 0.3) is 0 Å². The van der Waals surface area contributed by atoms with Crippen molar-refractivity contribution in [3.8, 4) is 5.75 Å². The monoisotopic (exact) mass is 285 g/mol. The molecule has 0 spiro atoms. The minimum atomic E-state index is -0.390.